The minimum atomic E-state index is -1.03. The van der Waals surface area contributed by atoms with Crippen molar-refractivity contribution in [1.82, 2.24) is 0 Å². The lowest BCUT2D eigenvalue weighted by atomic mass is 10.1. The van der Waals surface area contributed by atoms with Crippen LogP contribution in [-0.2, 0) is 10.8 Å². The SMILES string of the molecule is CS(=O)c1ccc(-c2c(-c3ccc(F)cc3)c2=O)cc1. The maximum atomic E-state index is 12.9. The Labute approximate surface area is 118 Å². The van der Waals surface area contributed by atoms with Crippen LogP contribution in [0, 0.1) is 5.82 Å². The van der Waals surface area contributed by atoms with Crippen molar-refractivity contribution in [2.24, 2.45) is 0 Å². The number of rotatable bonds is 3. The average Bonchev–Trinajstić information content (AvgIpc) is 3.11. The highest BCUT2D eigenvalue weighted by Crippen LogP contribution is 2.34. The first-order valence-corrected chi connectivity index (χ1v) is 7.62. The molecule has 3 rings (SSSR count). The lowest BCUT2D eigenvalue weighted by molar-refractivity contribution is 0.628. The topological polar surface area (TPSA) is 34.1 Å². The standard InChI is InChI=1S/C16H11FO2S/c1-20(19)13-8-4-11(5-9-13)15-14(16(15)18)10-2-6-12(17)7-3-10/h2-9H,1H3. The van der Waals surface area contributed by atoms with E-state index in [2.05, 4.69) is 0 Å². The first-order chi connectivity index (χ1) is 9.58. The first-order valence-electron chi connectivity index (χ1n) is 6.06. The van der Waals surface area contributed by atoms with Gasteiger partial charge in [-0.3, -0.25) is 9.00 Å². The minimum absolute atomic E-state index is 0.0121. The Morgan fingerprint density at radius 3 is 1.75 bits per heavy atom. The van der Waals surface area contributed by atoms with Gasteiger partial charge >= 0.3 is 0 Å². The zero-order valence-corrected chi connectivity index (χ0v) is 11.5. The Morgan fingerprint density at radius 1 is 0.850 bits per heavy atom. The molecule has 1 unspecified atom stereocenters. The lowest BCUT2D eigenvalue weighted by Crippen LogP contribution is -1.86. The lowest BCUT2D eigenvalue weighted by Gasteiger charge is -1.97. The molecule has 0 bridgehead atoms. The van der Waals surface area contributed by atoms with Gasteiger partial charge in [0.1, 0.15) is 5.82 Å². The second kappa shape index (κ2) is 4.80. The van der Waals surface area contributed by atoms with Crippen LogP contribution in [0.15, 0.2) is 58.2 Å². The fourth-order valence-electron chi connectivity index (χ4n) is 2.15. The molecule has 0 fully saturated rings. The summed E-state index contributed by atoms with van der Waals surface area (Å²) in [4.78, 5) is 12.6. The minimum Gasteiger partial charge on any atom is -0.289 e. The summed E-state index contributed by atoms with van der Waals surface area (Å²) < 4.78 is 24.2. The number of hydrogen-bond acceptors (Lipinski definition) is 2. The molecule has 0 saturated heterocycles. The van der Waals surface area contributed by atoms with Crippen molar-refractivity contribution in [3.05, 3.63) is 64.6 Å². The molecule has 1 atom stereocenters. The van der Waals surface area contributed by atoms with Gasteiger partial charge in [0.2, 0.25) is 0 Å². The van der Waals surface area contributed by atoms with Crippen LogP contribution in [-0.4, -0.2) is 10.5 Å². The molecule has 100 valence electrons. The third-order valence-electron chi connectivity index (χ3n) is 3.25. The third-order valence-corrected chi connectivity index (χ3v) is 4.19. The van der Waals surface area contributed by atoms with Gasteiger partial charge in [0.05, 0.1) is 0 Å². The van der Waals surface area contributed by atoms with Crippen LogP contribution in [0.25, 0.3) is 22.3 Å². The molecule has 0 N–H and O–H groups in total. The van der Waals surface area contributed by atoms with E-state index >= 15 is 0 Å². The highest BCUT2D eigenvalue weighted by atomic mass is 32.2. The van der Waals surface area contributed by atoms with Crippen LogP contribution in [0.1, 0.15) is 0 Å². The van der Waals surface area contributed by atoms with Gasteiger partial charge in [-0.2, -0.15) is 0 Å². The summed E-state index contributed by atoms with van der Waals surface area (Å²) in [6.07, 6.45) is 1.61. The van der Waals surface area contributed by atoms with Gasteiger partial charge in [0.15, 0.2) is 5.43 Å². The third kappa shape index (κ3) is 2.23. The highest BCUT2D eigenvalue weighted by Gasteiger charge is 2.25. The normalized spacial score (nSPS) is 12.7. The summed E-state index contributed by atoms with van der Waals surface area (Å²) in [5.41, 5.74) is 2.82. The Balaban J connectivity index is 1.95. The summed E-state index contributed by atoms with van der Waals surface area (Å²) in [7, 11) is -1.03. The van der Waals surface area contributed by atoms with E-state index in [0.717, 1.165) is 16.0 Å². The van der Waals surface area contributed by atoms with E-state index in [9.17, 15) is 13.4 Å². The van der Waals surface area contributed by atoms with Crippen LogP contribution in [0.4, 0.5) is 4.39 Å². The molecule has 20 heavy (non-hydrogen) atoms. The van der Waals surface area contributed by atoms with Gasteiger partial charge in [-0.25, -0.2) is 4.39 Å². The van der Waals surface area contributed by atoms with E-state index in [0.29, 0.717) is 11.1 Å². The van der Waals surface area contributed by atoms with Gasteiger partial charge < -0.3 is 0 Å². The molecule has 3 aromatic rings. The molecule has 0 heterocycles. The predicted octanol–water partition coefficient (Wildman–Crippen LogP) is 3.13. The molecule has 0 amide bonds. The summed E-state index contributed by atoms with van der Waals surface area (Å²) in [6.45, 7) is 0. The van der Waals surface area contributed by atoms with E-state index < -0.39 is 10.8 Å². The fourth-order valence-corrected chi connectivity index (χ4v) is 2.67. The van der Waals surface area contributed by atoms with Gasteiger partial charge in [0.25, 0.3) is 0 Å². The van der Waals surface area contributed by atoms with Crippen molar-refractivity contribution in [3.63, 3.8) is 0 Å². The van der Waals surface area contributed by atoms with Gasteiger partial charge in [-0.15, -0.1) is 0 Å². The van der Waals surface area contributed by atoms with Crippen molar-refractivity contribution in [2.75, 3.05) is 6.26 Å². The number of hydrogen-bond donors (Lipinski definition) is 0. The van der Waals surface area contributed by atoms with Crippen molar-refractivity contribution >= 4 is 10.8 Å². The molecule has 0 spiro atoms. The second-order valence-electron chi connectivity index (χ2n) is 4.56. The number of halogens is 1. The molecule has 2 nitrogen and oxygen atoms in total. The van der Waals surface area contributed by atoms with Gasteiger partial charge in [-0.05, 0) is 35.4 Å². The van der Waals surface area contributed by atoms with E-state index in [4.69, 9.17) is 0 Å². The molecular weight excluding hydrogens is 275 g/mol. The van der Waals surface area contributed by atoms with Crippen molar-refractivity contribution in [1.29, 1.82) is 0 Å². The smallest absolute Gasteiger partial charge is 0.195 e. The van der Waals surface area contributed by atoms with Crippen molar-refractivity contribution in [2.45, 2.75) is 4.90 Å². The molecule has 0 aromatic heterocycles. The molecule has 0 saturated carbocycles. The molecule has 4 heteroatoms. The Hall–Kier alpha value is -2.07. The quantitative estimate of drug-likeness (QED) is 0.741. The van der Waals surface area contributed by atoms with Crippen molar-refractivity contribution < 1.29 is 8.60 Å². The summed E-state index contributed by atoms with van der Waals surface area (Å²) >= 11 is 0. The molecule has 0 aliphatic carbocycles. The van der Waals surface area contributed by atoms with Crippen LogP contribution >= 0.6 is 0 Å². The molecule has 3 aromatic carbocycles. The van der Waals surface area contributed by atoms with E-state index in [1.807, 2.05) is 0 Å². The second-order valence-corrected chi connectivity index (χ2v) is 5.94. The monoisotopic (exact) mass is 286 g/mol. The summed E-state index contributed by atoms with van der Waals surface area (Å²) in [6, 6.07) is 13.0. The highest BCUT2D eigenvalue weighted by molar-refractivity contribution is 7.84. The predicted molar refractivity (Wildman–Crippen MR) is 78.2 cm³/mol. The maximum absolute atomic E-state index is 12.9. The number of benzene rings is 2. The van der Waals surface area contributed by atoms with Crippen LogP contribution in [0.2, 0.25) is 0 Å². The Morgan fingerprint density at radius 2 is 1.30 bits per heavy atom. The molecule has 0 aliphatic heterocycles. The fraction of sp³-hybridized carbons (Fsp3) is 0.0625. The average molecular weight is 286 g/mol. The molecule has 0 aliphatic rings. The van der Waals surface area contributed by atoms with Crippen LogP contribution in [0.3, 0.4) is 0 Å². The zero-order chi connectivity index (χ0) is 14.3. The van der Waals surface area contributed by atoms with E-state index in [1.54, 1.807) is 42.7 Å². The molecular formula is C16H11FO2S. The molecule has 0 radical (unpaired) electrons. The van der Waals surface area contributed by atoms with E-state index in [1.165, 1.54) is 12.1 Å². The summed E-state index contributed by atoms with van der Waals surface area (Å²) in [5.74, 6) is -0.321. The van der Waals surface area contributed by atoms with Crippen LogP contribution in [0.5, 0.6) is 0 Å². The Kier molecular flexibility index (Phi) is 3.10. The maximum Gasteiger partial charge on any atom is 0.195 e. The Bertz CT molecular complexity index is 794. The van der Waals surface area contributed by atoms with Crippen molar-refractivity contribution in [3.8, 4) is 22.3 Å². The van der Waals surface area contributed by atoms with Gasteiger partial charge in [-0.1, -0.05) is 24.3 Å². The zero-order valence-electron chi connectivity index (χ0n) is 10.7. The summed E-state index contributed by atoms with van der Waals surface area (Å²) in [5, 5.41) is 0. The van der Waals surface area contributed by atoms with Crippen LogP contribution < -0.4 is 5.43 Å². The first kappa shape index (κ1) is 12.9. The van der Waals surface area contributed by atoms with E-state index in [-0.39, 0.29) is 11.2 Å². The largest absolute Gasteiger partial charge is 0.289 e. The van der Waals surface area contributed by atoms with Gasteiger partial charge in [0, 0.05) is 33.1 Å².